The standard InChI is InChI=1S/C14H24N2O3S2/c1-10(9-19-3)7-16-21(17,18)14-6-13(20-11(14)2)8-15-12-4-5-12/h6,10,12,15-16H,4-5,7-9H2,1-3H3. The van der Waals surface area contributed by atoms with Crippen LogP contribution in [0.4, 0.5) is 0 Å². The van der Waals surface area contributed by atoms with Crippen LogP contribution in [0.3, 0.4) is 0 Å². The topological polar surface area (TPSA) is 67.4 Å². The normalized spacial score (nSPS) is 17.1. The van der Waals surface area contributed by atoms with Gasteiger partial charge in [0, 0.05) is 42.6 Å². The van der Waals surface area contributed by atoms with Crippen LogP contribution < -0.4 is 10.0 Å². The molecule has 1 heterocycles. The molecule has 1 aromatic heterocycles. The Morgan fingerprint density at radius 2 is 2.19 bits per heavy atom. The van der Waals surface area contributed by atoms with E-state index in [0.717, 1.165) is 16.3 Å². The quantitative estimate of drug-likeness (QED) is 0.724. The summed E-state index contributed by atoms with van der Waals surface area (Å²) >= 11 is 1.55. The minimum atomic E-state index is -3.43. The van der Waals surface area contributed by atoms with Gasteiger partial charge in [0.25, 0.3) is 0 Å². The van der Waals surface area contributed by atoms with Gasteiger partial charge in [0.2, 0.25) is 10.0 Å². The third-order valence-corrected chi connectivity index (χ3v) is 6.16. The van der Waals surface area contributed by atoms with Crippen molar-refractivity contribution in [3.63, 3.8) is 0 Å². The van der Waals surface area contributed by atoms with Gasteiger partial charge in [-0.05, 0) is 31.7 Å². The molecule has 2 rings (SSSR count). The summed E-state index contributed by atoms with van der Waals surface area (Å²) in [5, 5.41) is 3.41. The first-order valence-corrected chi connectivity index (χ1v) is 9.53. The molecule has 0 amide bonds. The number of ether oxygens (including phenoxy) is 1. The van der Waals surface area contributed by atoms with E-state index in [1.54, 1.807) is 24.5 Å². The zero-order chi connectivity index (χ0) is 15.5. The first-order chi connectivity index (χ1) is 9.92. The van der Waals surface area contributed by atoms with Gasteiger partial charge >= 0.3 is 0 Å². The summed E-state index contributed by atoms with van der Waals surface area (Å²) in [6.07, 6.45) is 2.46. The highest BCUT2D eigenvalue weighted by molar-refractivity contribution is 7.89. The van der Waals surface area contributed by atoms with Crippen molar-refractivity contribution >= 4 is 21.4 Å². The summed E-state index contributed by atoms with van der Waals surface area (Å²) in [6, 6.07) is 2.42. The van der Waals surface area contributed by atoms with E-state index in [1.165, 1.54) is 12.8 Å². The van der Waals surface area contributed by atoms with Crippen molar-refractivity contribution in [1.29, 1.82) is 0 Å². The number of thiophene rings is 1. The average molecular weight is 332 g/mol. The van der Waals surface area contributed by atoms with Crippen molar-refractivity contribution in [2.24, 2.45) is 5.92 Å². The maximum absolute atomic E-state index is 12.4. The molecular weight excluding hydrogens is 308 g/mol. The first-order valence-electron chi connectivity index (χ1n) is 7.23. The zero-order valence-corrected chi connectivity index (χ0v) is 14.4. The average Bonchev–Trinajstić information content (AvgIpc) is 3.17. The highest BCUT2D eigenvalue weighted by Gasteiger charge is 2.23. The second kappa shape index (κ2) is 7.19. The van der Waals surface area contributed by atoms with E-state index >= 15 is 0 Å². The molecule has 0 aromatic carbocycles. The second-order valence-corrected chi connectivity index (χ2v) is 8.78. The lowest BCUT2D eigenvalue weighted by Gasteiger charge is -2.11. The molecular formula is C14H24N2O3S2. The van der Waals surface area contributed by atoms with Gasteiger partial charge in [0.15, 0.2) is 0 Å². The monoisotopic (exact) mass is 332 g/mol. The molecule has 1 atom stereocenters. The van der Waals surface area contributed by atoms with Crippen LogP contribution in [0, 0.1) is 12.8 Å². The van der Waals surface area contributed by atoms with Gasteiger partial charge in [-0.1, -0.05) is 6.92 Å². The summed E-state index contributed by atoms with van der Waals surface area (Å²) in [5.41, 5.74) is 0. The molecule has 120 valence electrons. The predicted octanol–water partition coefficient (Wildman–Crippen LogP) is 1.87. The second-order valence-electron chi connectivity index (χ2n) is 5.70. The van der Waals surface area contributed by atoms with Crippen LogP contribution in [0.25, 0.3) is 0 Å². The van der Waals surface area contributed by atoms with Crippen LogP contribution in [0.15, 0.2) is 11.0 Å². The lowest BCUT2D eigenvalue weighted by atomic mass is 10.2. The Kier molecular flexibility index (Phi) is 5.79. The maximum atomic E-state index is 12.4. The fourth-order valence-electron chi connectivity index (χ4n) is 2.08. The van der Waals surface area contributed by atoms with Crippen LogP contribution in [0.5, 0.6) is 0 Å². The van der Waals surface area contributed by atoms with Crippen molar-refractivity contribution in [3.8, 4) is 0 Å². The molecule has 1 aromatic rings. The maximum Gasteiger partial charge on any atom is 0.241 e. The van der Waals surface area contributed by atoms with E-state index in [0.29, 0.717) is 24.1 Å². The summed E-state index contributed by atoms with van der Waals surface area (Å²) in [7, 11) is -1.81. The SMILES string of the molecule is COCC(C)CNS(=O)(=O)c1cc(CNC2CC2)sc1C. The summed E-state index contributed by atoms with van der Waals surface area (Å²) in [4.78, 5) is 2.32. The van der Waals surface area contributed by atoms with Crippen molar-refractivity contribution < 1.29 is 13.2 Å². The largest absolute Gasteiger partial charge is 0.384 e. The Morgan fingerprint density at radius 3 is 2.81 bits per heavy atom. The van der Waals surface area contributed by atoms with Gasteiger partial charge in [-0.25, -0.2) is 13.1 Å². The van der Waals surface area contributed by atoms with E-state index in [4.69, 9.17) is 4.74 Å². The molecule has 1 fully saturated rings. The lowest BCUT2D eigenvalue weighted by molar-refractivity contribution is 0.161. The number of hydrogen-bond donors (Lipinski definition) is 2. The number of sulfonamides is 1. The van der Waals surface area contributed by atoms with Crippen molar-refractivity contribution in [1.82, 2.24) is 10.0 Å². The van der Waals surface area contributed by atoms with Gasteiger partial charge in [-0.15, -0.1) is 11.3 Å². The Balaban J connectivity index is 1.97. The Morgan fingerprint density at radius 1 is 1.48 bits per heavy atom. The summed E-state index contributed by atoms with van der Waals surface area (Å²) in [6.45, 7) is 5.50. The third kappa shape index (κ3) is 5.03. The Labute approximate surface area is 131 Å². The van der Waals surface area contributed by atoms with E-state index in [-0.39, 0.29) is 5.92 Å². The lowest BCUT2D eigenvalue weighted by Crippen LogP contribution is -2.30. The van der Waals surface area contributed by atoms with Crippen LogP contribution in [0.1, 0.15) is 29.5 Å². The zero-order valence-electron chi connectivity index (χ0n) is 12.8. The molecule has 5 nitrogen and oxygen atoms in total. The number of nitrogens with one attached hydrogen (secondary N) is 2. The Hall–Kier alpha value is -0.470. The van der Waals surface area contributed by atoms with Crippen LogP contribution in [0.2, 0.25) is 0 Å². The highest BCUT2D eigenvalue weighted by Crippen LogP contribution is 2.27. The van der Waals surface area contributed by atoms with Gasteiger partial charge in [-0.3, -0.25) is 0 Å². The highest BCUT2D eigenvalue weighted by atomic mass is 32.2. The van der Waals surface area contributed by atoms with Crippen LogP contribution in [-0.2, 0) is 21.3 Å². The smallest absolute Gasteiger partial charge is 0.241 e. The van der Waals surface area contributed by atoms with Gasteiger partial charge in [-0.2, -0.15) is 0 Å². The fourth-order valence-corrected chi connectivity index (χ4v) is 4.83. The van der Waals surface area contributed by atoms with E-state index in [9.17, 15) is 8.42 Å². The molecule has 1 aliphatic carbocycles. The molecule has 1 saturated carbocycles. The van der Waals surface area contributed by atoms with E-state index in [1.807, 2.05) is 13.8 Å². The third-order valence-electron chi connectivity index (χ3n) is 3.43. The molecule has 0 radical (unpaired) electrons. The number of aryl methyl sites for hydroxylation is 1. The number of rotatable bonds is 9. The van der Waals surface area contributed by atoms with Gasteiger partial charge in [0.1, 0.15) is 0 Å². The molecule has 0 bridgehead atoms. The van der Waals surface area contributed by atoms with Gasteiger partial charge in [0.05, 0.1) is 4.90 Å². The molecule has 7 heteroatoms. The molecule has 0 saturated heterocycles. The molecule has 0 aliphatic heterocycles. The molecule has 0 spiro atoms. The Bertz CT molecular complexity index is 565. The molecule has 1 aliphatic rings. The van der Waals surface area contributed by atoms with Crippen molar-refractivity contribution in [2.45, 2.75) is 44.2 Å². The van der Waals surface area contributed by atoms with Crippen molar-refractivity contribution in [3.05, 3.63) is 15.8 Å². The predicted molar refractivity (Wildman–Crippen MR) is 85.1 cm³/mol. The van der Waals surface area contributed by atoms with Crippen LogP contribution >= 0.6 is 11.3 Å². The van der Waals surface area contributed by atoms with Crippen molar-refractivity contribution in [2.75, 3.05) is 20.3 Å². The minimum absolute atomic E-state index is 0.153. The fraction of sp³-hybridized carbons (Fsp3) is 0.714. The van der Waals surface area contributed by atoms with E-state index in [2.05, 4.69) is 10.0 Å². The minimum Gasteiger partial charge on any atom is -0.384 e. The molecule has 21 heavy (non-hydrogen) atoms. The summed E-state index contributed by atoms with van der Waals surface area (Å²) < 4.78 is 32.4. The van der Waals surface area contributed by atoms with E-state index < -0.39 is 10.0 Å². The first kappa shape index (κ1) is 16.9. The van der Waals surface area contributed by atoms with Crippen LogP contribution in [-0.4, -0.2) is 34.7 Å². The summed E-state index contributed by atoms with van der Waals surface area (Å²) in [5.74, 6) is 0.153. The number of methoxy groups -OCH3 is 1. The molecule has 2 N–H and O–H groups in total. The van der Waals surface area contributed by atoms with Gasteiger partial charge < -0.3 is 10.1 Å². The number of hydrogen-bond acceptors (Lipinski definition) is 5. The molecule has 1 unspecified atom stereocenters.